The molecule has 0 bridgehead atoms. The summed E-state index contributed by atoms with van der Waals surface area (Å²) in [6, 6.07) is 5.53. The minimum Gasteiger partial charge on any atom is -0.480 e. The second kappa shape index (κ2) is 8.84. The minimum absolute atomic E-state index is 0.0714. The summed E-state index contributed by atoms with van der Waals surface area (Å²) in [4.78, 5) is 24.4. The van der Waals surface area contributed by atoms with E-state index >= 15 is 0 Å². The van der Waals surface area contributed by atoms with Crippen molar-refractivity contribution in [2.24, 2.45) is 5.92 Å². The van der Waals surface area contributed by atoms with Crippen molar-refractivity contribution >= 4 is 21.9 Å². The molecule has 1 aliphatic rings. The average Bonchev–Trinajstić information content (AvgIpc) is 2.87. The van der Waals surface area contributed by atoms with Crippen molar-refractivity contribution in [2.45, 2.75) is 62.8 Å². The van der Waals surface area contributed by atoms with E-state index in [1.165, 1.54) is 24.3 Å². The lowest BCUT2D eigenvalue weighted by atomic mass is 9.90. The Balaban J connectivity index is 2.13. The van der Waals surface area contributed by atoms with Crippen LogP contribution in [0.1, 0.15) is 62.7 Å². The van der Waals surface area contributed by atoms with Crippen molar-refractivity contribution in [3.8, 4) is 0 Å². The number of rotatable bonds is 7. The molecule has 0 saturated heterocycles. The first-order chi connectivity index (χ1) is 12.7. The minimum atomic E-state index is -3.63. The third kappa shape index (κ3) is 5.52. The van der Waals surface area contributed by atoms with Crippen molar-refractivity contribution in [2.75, 3.05) is 6.54 Å². The highest BCUT2D eigenvalue weighted by Gasteiger charge is 2.40. The summed E-state index contributed by atoms with van der Waals surface area (Å²) < 4.78 is 27.0. The van der Waals surface area contributed by atoms with Gasteiger partial charge in [-0.1, -0.05) is 39.5 Å². The van der Waals surface area contributed by atoms with Gasteiger partial charge in [0.15, 0.2) is 0 Å². The maximum atomic E-state index is 12.6. The third-order valence-electron chi connectivity index (χ3n) is 4.83. The van der Waals surface area contributed by atoms with Crippen LogP contribution in [0.25, 0.3) is 0 Å². The molecule has 2 rings (SSSR count). The monoisotopic (exact) mass is 396 g/mol. The lowest BCUT2D eigenvalue weighted by Crippen LogP contribution is -2.54. The number of carboxylic acids is 1. The Kier molecular flexibility index (Phi) is 7.00. The lowest BCUT2D eigenvalue weighted by molar-refractivity contribution is -0.145. The summed E-state index contributed by atoms with van der Waals surface area (Å²) in [5.41, 5.74) is -1.01. The van der Waals surface area contributed by atoms with Crippen LogP contribution in [-0.4, -0.2) is 37.5 Å². The van der Waals surface area contributed by atoms with Crippen molar-refractivity contribution in [1.29, 1.82) is 0 Å². The van der Waals surface area contributed by atoms with Gasteiger partial charge in [-0.2, -0.15) is 0 Å². The largest absolute Gasteiger partial charge is 0.480 e. The van der Waals surface area contributed by atoms with Crippen molar-refractivity contribution < 1.29 is 23.1 Å². The molecule has 1 aliphatic carbocycles. The van der Waals surface area contributed by atoms with E-state index in [4.69, 9.17) is 0 Å². The number of sulfonamides is 1. The van der Waals surface area contributed by atoms with E-state index in [0.717, 1.165) is 25.7 Å². The van der Waals surface area contributed by atoms with E-state index in [1.54, 1.807) is 0 Å². The number of carbonyl (C=O) groups excluding carboxylic acids is 1. The van der Waals surface area contributed by atoms with Gasteiger partial charge in [-0.15, -0.1) is 0 Å². The van der Waals surface area contributed by atoms with E-state index in [2.05, 4.69) is 10.0 Å². The molecule has 1 aromatic rings. The fourth-order valence-electron chi connectivity index (χ4n) is 3.16. The third-order valence-corrected chi connectivity index (χ3v) is 6.27. The molecule has 150 valence electrons. The Hall–Kier alpha value is -1.93. The summed E-state index contributed by atoms with van der Waals surface area (Å²) in [7, 11) is -3.63. The first-order valence-electron chi connectivity index (χ1n) is 9.32. The van der Waals surface area contributed by atoms with Gasteiger partial charge in [0, 0.05) is 12.1 Å². The first-order valence-corrected chi connectivity index (χ1v) is 10.8. The Morgan fingerprint density at radius 1 is 1.07 bits per heavy atom. The van der Waals surface area contributed by atoms with Crippen LogP contribution in [0, 0.1) is 5.92 Å². The number of benzene rings is 1. The second-order valence-corrected chi connectivity index (χ2v) is 9.29. The number of carbonyl (C=O) groups is 2. The number of amides is 1. The normalized spacial score (nSPS) is 17.3. The lowest BCUT2D eigenvalue weighted by Gasteiger charge is -2.29. The summed E-state index contributed by atoms with van der Waals surface area (Å²) in [5, 5.41) is 12.3. The molecule has 0 heterocycles. The maximum absolute atomic E-state index is 12.6. The van der Waals surface area contributed by atoms with Gasteiger partial charge in [-0.3, -0.25) is 4.79 Å². The Morgan fingerprint density at radius 3 is 2.11 bits per heavy atom. The highest BCUT2D eigenvalue weighted by molar-refractivity contribution is 7.89. The number of hydrogen-bond acceptors (Lipinski definition) is 4. The smallest absolute Gasteiger partial charge is 0.329 e. The standard InChI is InChI=1S/C19H28N2O5S/c1-14(2)13-20-27(25,26)16-9-7-15(8-10-16)17(22)21-19(18(23)24)11-5-3-4-6-12-19/h7-10,14,20H,3-6,11-13H2,1-2H3,(H,21,22)(H,23,24). The summed E-state index contributed by atoms with van der Waals surface area (Å²) in [5.74, 6) is -1.34. The molecule has 1 aromatic carbocycles. The fourth-order valence-corrected chi connectivity index (χ4v) is 4.37. The van der Waals surface area contributed by atoms with Gasteiger partial charge in [-0.25, -0.2) is 17.9 Å². The number of carboxylic acid groups (broad SMARTS) is 1. The maximum Gasteiger partial charge on any atom is 0.329 e. The van der Waals surface area contributed by atoms with E-state index in [-0.39, 0.29) is 16.4 Å². The highest BCUT2D eigenvalue weighted by Crippen LogP contribution is 2.28. The molecule has 0 aliphatic heterocycles. The zero-order chi connectivity index (χ0) is 20.1. The zero-order valence-corrected chi connectivity index (χ0v) is 16.6. The Labute approximate surface area is 160 Å². The van der Waals surface area contributed by atoms with Gasteiger partial charge >= 0.3 is 5.97 Å². The van der Waals surface area contributed by atoms with Crippen LogP contribution in [0.15, 0.2) is 29.2 Å². The molecule has 0 atom stereocenters. The topological polar surface area (TPSA) is 113 Å². The number of nitrogens with one attached hydrogen (secondary N) is 2. The molecule has 0 radical (unpaired) electrons. The van der Waals surface area contributed by atoms with Crippen LogP contribution >= 0.6 is 0 Å². The summed E-state index contributed by atoms with van der Waals surface area (Å²) in [6.45, 7) is 4.13. The fraction of sp³-hybridized carbons (Fsp3) is 0.579. The van der Waals surface area contributed by atoms with Crippen LogP contribution in [0.4, 0.5) is 0 Å². The molecule has 0 spiro atoms. The van der Waals surface area contributed by atoms with Crippen LogP contribution < -0.4 is 10.0 Å². The molecule has 7 nitrogen and oxygen atoms in total. The molecule has 1 saturated carbocycles. The molecular weight excluding hydrogens is 368 g/mol. The van der Waals surface area contributed by atoms with Crippen LogP contribution in [0.2, 0.25) is 0 Å². The van der Waals surface area contributed by atoms with Gasteiger partial charge in [0.2, 0.25) is 10.0 Å². The molecular formula is C19H28N2O5S. The van der Waals surface area contributed by atoms with E-state index in [1.807, 2.05) is 13.8 Å². The highest BCUT2D eigenvalue weighted by atomic mass is 32.2. The van der Waals surface area contributed by atoms with Gasteiger partial charge in [0.05, 0.1) is 4.90 Å². The van der Waals surface area contributed by atoms with Gasteiger partial charge in [-0.05, 0) is 43.0 Å². The predicted molar refractivity (Wildman–Crippen MR) is 102 cm³/mol. The van der Waals surface area contributed by atoms with Gasteiger partial charge in [0.25, 0.3) is 5.91 Å². The number of aliphatic carboxylic acids is 1. The van der Waals surface area contributed by atoms with Gasteiger partial charge < -0.3 is 10.4 Å². The predicted octanol–water partition coefficient (Wildman–Crippen LogP) is 2.53. The van der Waals surface area contributed by atoms with Crippen LogP contribution in [-0.2, 0) is 14.8 Å². The Bertz CT molecular complexity index is 764. The Morgan fingerprint density at radius 2 is 1.63 bits per heavy atom. The summed E-state index contributed by atoms with van der Waals surface area (Å²) >= 11 is 0. The summed E-state index contributed by atoms with van der Waals surface area (Å²) in [6.07, 6.45) is 4.23. The first kappa shape index (κ1) is 21.4. The SMILES string of the molecule is CC(C)CNS(=O)(=O)c1ccc(C(=O)NC2(C(=O)O)CCCCCC2)cc1. The van der Waals surface area contributed by atoms with Gasteiger partial charge in [0.1, 0.15) is 5.54 Å². The molecule has 0 unspecified atom stereocenters. The van der Waals surface area contributed by atoms with Crippen molar-refractivity contribution in [3.05, 3.63) is 29.8 Å². The van der Waals surface area contributed by atoms with Crippen LogP contribution in [0.5, 0.6) is 0 Å². The number of hydrogen-bond donors (Lipinski definition) is 3. The van der Waals surface area contributed by atoms with Crippen molar-refractivity contribution in [1.82, 2.24) is 10.0 Å². The zero-order valence-electron chi connectivity index (χ0n) is 15.8. The molecule has 1 fully saturated rings. The van der Waals surface area contributed by atoms with E-state index in [0.29, 0.717) is 19.4 Å². The molecule has 3 N–H and O–H groups in total. The van der Waals surface area contributed by atoms with Crippen LogP contribution in [0.3, 0.4) is 0 Å². The molecule has 0 aromatic heterocycles. The van der Waals surface area contributed by atoms with Crippen molar-refractivity contribution in [3.63, 3.8) is 0 Å². The average molecular weight is 397 g/mol. The molecule has 1 amide bonds. The quantitative estimate of drug-likeness (QED) is 0.613. The molecule has 27 heavy (non-hydrogen) atoms. The second-order valence-electron chi connectivity index (χ2n) is 7.53. The van der Waals surface area contributed by atoms with E-state index in [9.17, 15) is 23.1 Å². The van der Waals surface area contributed by atoms with E-state index < -0.39 is 27.4 Å². The molecule has 8 heteroatoms.